The second-order valence-corrected chi connectivity index (χ2v) is 10.4. The molecule has 2 amide bonds. The fourth-order valence-corrected chi connectivity index (χ4v) is 5.70. The summed E-state index contributed by atoms with van der Waals surface area (Å²) in [5, 5.41) is 3.02. The zero-order valence-electron chi connectivity index (χ0n) is 17.7. The van der Waals surface area contributed by atoms with Gasteiger partial charge in [0.25, 0.3) is 5.91 Å². The minimum Gasteiger partial charge on any atom is -0.482 e. The van der Waals surface area contributed by atoms with Crippen molar-refractivity contribution >= 4 is 27.5 Å². The lowest BCUT2D eigenvalue weighted by molar-refractivity contribution is -0.125. The summed E-state index contributed by atoms with van der Waals surface area (Å²) >= 11 is 0. The Bertz CT molecular complexity index is 936. The Morgan fingerprint density at radius 1 is 1.16 bits per heavy atom. The molecule has 2 aliphatic heterocycles. The maximum absolute atomic E-state index is 13.0. The number of morpholine rings is 1. The molecular formula is C21H29N3O6S. The summed E-state index contributed by atoms with van der Waals surface area (Å²) in [5.41, 5.74) is 0.304. The lowest BCUT2D eigenvalue weighted by atomic mass is 9.87. The van der Waals surface area contributed by atoms with Gasteiger partial charge in [-0.1, -0.05) is 6.92 Å². The number of nitrogens with one attached hydrogen (secondary N) is 1. The molecule has 0 atom stereocenters. The number of fused-ring (bicyclic) bond motifs is 1. The molecule has 0 spiro atoms. The van der Waals surface area contributed by atoms with Gasteiger partial charge in [-0.25, -0.2) is 8.42 Å². The van der Waals surface area contributed by atoms with Crippen LogP contribution >= 0.6 is 0 Å². The molecule has 10 heteroatoms. The van der Waals surface area contributed by atoms with E-state index in [1.165, 1.54) is 21.3 Å². The molecule has 1 aliphatic carbocycles. The maximum Gasteiger partial charge on any atom is 0.265 e. The molecule has 0 bridgehead atoms. The van der Waals surface area contributed by atoms with Crippen molar-refractivity contribution in [3.63, 3.8) is 0 Å². The Morgan fingerprint density at radius 3 is 2.58 bits per heavy atom. The molecule has 1 N–H and O–H groups in total. The van der Waals surface area contributed by atoms with E-state index in [-0.39, 0.29) is 49.0 Å². The third kappa shape index (κ3) is 4.86. The third-order valence-corrected chi connectivity index (χ3v) is 8.06. The van der Waals surface area contributed by atoms with Crippen molar-refractivity contribution in [2.24, 2.45) is 5.92 Å². The maximum atomic E-state index is 13.0. The summed E-state index contributed by atoms with van der Waals surface area (Å²) in [4.78, 5) is 26.6. The number of amides is 2. The fourth-order valence-electron chi connectivity index (χ4n) is 4.27. The number of benzene rings is 1. The molecule has 0 radical (unpaired) electrons. The summed E-state index contributed by atoms with van der Waals surface area (Å²) in [6.07, 6.45) is 4.02. The summed E-state index contributed by atoms with van der Waals surface area (Å²) in [6, 6.07) is 4.56. The highest BCUT2D eigenvalue weighted by Crippen LogP contribution is 2.35. The lowest BCUT2D eigenvalue weighted by Crippen LogP contribution is -2.48. The zero-order chi connectivity index (χ0) is 22.0. The van der Waals surface area contributed by atoms with E-state index in [0.717, 1.165) is 25.7 Å². The number of carbonyl (C=O) groups is 2. The van der Waals surface area contributed by atoms with E-state index < -0.39 is 10.0 Å². The summed E-state index contributed by atoms with van der Waals surface area (Å²) in [7, 11) is -3.73. The first kappa shape index (κ1) is 22.0. The first-order chi connectivity index (χ1) is 14.8. The first-order valence-electron chi connectivity index (χ1n) is 10.8. The Balaban J connectivity index is 1.52. The van der Waals surface area contributed by atoms with Crippen LogP contribution in [-0.4, -0.2) is 70.0 Å². The van der Waals surface area contributed by atoms with Crippen LogP contribution in [0.3, 0.4) is 0 Å². The van der Waals surface area contributed by atoms with Gasteiger partial charge in [-0.05, 0) is 49.8 Å². The average molecular weight is 452 g/mol. The van der Waals surface area contributed by atoms with Gasteiger partial charge in [0.2, 0.25) is 15.9 Å². The predicted molar refractivity (Wildman–Crippen MR) is 113 cm³/mol. The van der Waals surface area contributed by atoms with Crippen LogP contribution in [-0.2, 0) is 24.3 Å². The van der Waals surface area contributed by atoms with Crippen molar-refractivity contribution in [2.75, 3.05) is 44.4 Å². The topological polar surface area (TPSA) is 105 Å². The number of hydrogen-bond donors (Lipinski definition) is 1. The summed E-state index contributed by atoms with van der Waals surface area (Å²) < 4.78 is 38.1. The predicted octanol–water partition coefficient (Wildman–Crippen LogP) is 1.13. The first-order valence-corrected chi connectivity index (χ1v) is 12.2. The van der Waals surface area contributed by atoms with Crippen LogP contribution in [0, 0.1) is 5.92 Å². The van der Waals surface area contributed by atoms with Crippen molar-refractivity contribution in [2.45, 2.75) is 43.5 Å². The Hall–Kier alpha value is -2.17. The van der Waals surface area contributed by atoms with E-state index >= 15 is 0 Å². The molecule has 1 aromatic rings. The van der Waals surface area contributed by atoms with E-state index in [0.29, 0.717) is 30.6 Å². The zero-order valence-corrected chi connectivity index (χ0v) is 18.5. The SMILES string of the molecule is CC1CCC(NC(=O)CN2C(=O)COc3ccc(S(=O)(=O)N4CCOCC4)cc32)CC1. The molecule has 3 aliphatic rings. The van der Waals surface area contributed by atoms with Gasteiger partial charge in [0.05, 0.1) is 23.8 Å². The van der Waals surface area contributed by atoms with Crippen LogP contribution in [0.2, 0.25) is 0 Å². The molecule has 9 nitrogen and oxygen atoms in total. The number of hydrogen-bond acceptors (Lipinski definition) is 6. The summed E-state index contributed by atoms with van der Waals surface area (Å²) in [6.45, 7) is 3.11. The van der Waals surface area contributed by atoms with Gasteiger partial charge in [0.1, 0.15) is 12.3 Å². The molecule has 0 aromatic heterocycles. The van der Waals surface area contributed by atoms with E-state index in [9.17, 15) is 18.0 Å². The molecule has 1 aromatic carbocycles. The van der Waals surface area contributed by atoms with Crippen molar-refractivity contribution in [1.82, 2.24) is 9.62 Å². The molecule has 2 heterocycles. The van der Waals surface area contributed by atoms with E-state index in [1.54, 1.807) is 6.07 Å². The second-order valence-electron chi connectivity index (χ2n) is 8.44. The van der Waals surface area contributed by atoms with Gasteiger partial charge < -0.3 is 14.8 Å². The molecule has 4 rings (SSSR count). The van der Waals surface area contributed by atoms with Crippen molar-refractivity contribution in [1.29, 1.82) is 0 Å². The highest BCUT2D eigenvalue weighted by Gasteiger charge is 2.32. The number of carbonyl (C=O) groups excluding carboxylic acids is 2. The van der Waals surface area contributed by atoms with Crippen LogP contribution in [0.15, 0.2) is 23.1 Å². The summed E-state index contributed by atoms with van der Waals surface area (Å²) in [5.74, 6) is 0.440. The van der Waals surface area contributed by atoms with Gasteiger partial charge in [-0.15, -0.1) is 0 Å². The molecule has 31 heavy (non-hydrogen) atoms. The van der Waals surface area contributed by atoms with E-state index in [1.807, 2.05) is 0 Å². The monoisotopic (exact) mass is 451 g/mol. The quantitative estimate of drug-likeness (QED) is 0.720. The van der Waals surface area contributed by atoms with Crippen LogP contribution in [0.25, 0.3) is 0 Å². The van der Waals surface area contributed by atoms with Crippen LogP contribution < -0.4 is 15.0 Å². The van der Waals surface area contributed by atoms with Crippen LogP contribution in [0.5, 0.6) is 5.75 Å². The Labute approximate surface area is 182 Å². The highest BCUT2D eigenvalue weighted by molar-refractivity contribution is 7.89. The minimum atomic E-state index is -3.73. The number of rotatable bonds is 5. The largest absolute Gasteiger partial charge is 0.482 e. The fraction of sp³-hybridized carbons (Fsp3) is 0.619. The molecular weight excluding hydrogens is 422 g/mol. The van der Waals surface area contributed by atoms with Gasteiger partial charge in [0.15, 0.2) is 6.61 Å². The van der Waals surface area contributed by atoms with Crippen molar-refractivity contribution in [3.05, 3.63) is 18.2 Å². The van der Waals surface area contributed by atoms with Gasteiger partial charge in [0, 0.05) is 19.1 Å². The molecule has 170 valence electrons. The Morgan fingerprint density at radius 2 is 1.87 bits per heavy atom. The Kier molecular flexibility index (Phi) is 6.49. The smallest absolute Gasteiger partial charge is 0.265 e. The highest BCUT2D eigenvalue weighted by atomic mass is 32.2. The number of ether oxygens (including phenoxy) is 2. The van der Waals surface area contributed by atoms with Gasteiger partial charge in [-0.2, -0.15) is 4.31 Å². The second kappa shape index (κ2) is 9.13. The van der Waals surface area contributed by atoms with E-state index in [4.69, 9.17) is 9.47 Å². The average Bonchev–Trinajstić information content (AvgIpc) is 2.77. The van der Waals surface area contributed by atoms with Crippen LogP contribution in [0.1, 0.15) is 32.6 Å². The van der Waals surface area contributed by atoms with Crippen molar-refractivity contribution in [3.8, 4) is 5.75 Å². The number of nitrogens with zero attached hydrogens (tertiary/aromatic N) is 2. The number of anilines is 1. The molecule has 1 saturated carbocycles. The number of sulfonamides is 1. The molecule has 1 saturated heterocycles. The molecule has 0 unspecified atom stereocenters. The van der Waals surface area contributed by atoms with Gasteiger partial charge in [-0.3, -0.25) is 14.5 Å². The van der Waals surface area contributed by atoms with Crippen molar-refractivity contribution < 1.29 is 27.5 Å². The minimum absolute atomic E-state index is 0.0677. The standard InChI is InChI=1S/C21H29N3O6S/c1-15-2-4-16(5-3-15)22-20(25)13-24-18-12-17(6-7-19(18)30-14-21(24)26)31(27,28)23-8-10-29-11-9-23/h6-7,12,15-16H,2-5,8-11,13-14H2,1H3,(H,22,25). The third-order valence-electron chi connectivity index (χ3n) is 6.16. The van der Waals surface area contributed by atoms with Gasteiger partial charge >= 0.3 is 0 Å². The van der Waals surface area contributed by atoms with E-state index in [2.05, 4.69) is 12.2 Å². The lowest BCUT2D eigenvalue weighted by Gasteiger charge is -2.32. The molecule has 2 fully saturated rings. The normalized spacial score (nSPS) is 24.9. The van der Waals surface area contributed by atoms with Crippen LogP contribution in [0.4, 0.5) is 5.69 Å².